The molecule has 2 fully saturated rings. The van der Waals surface area contributed by atoms with Gasteiger partial charge < -0.3 is 5.32 Å². The number of rotatable bonds is 5. The van der Waals surface area contributed by atoms with Crippen LogP contribution in [0.25, 0.3) is 0 Å². The standard InChI is InChI=1S/C13H21N3S/c1-8(2)14-4-3-12-15-16-13(17-12)11-6-9-5-10(9)7-11/h8-11,14H,3-7H2,1-2H3. The molecular weight excluding hydrogens is 230 g/mol. The van der Waals surface area contributed by atoms with Crippen LogP contribution >= 0.6 is 11.3 Å². The summed E-state index contributed by atoms with van der Waals surface area (Å²) >= 11 is 1.84. The van der Waals surface area contributed by atoms with Gasteiger partial charge in [-0.1, -0.05) is 13.8 Å². The van der Waals surface area contributed by atoms with Crippen molar-refractivity contribution in [2.45, 2.75) is 51.5 Å². The molecule has 2 atom stereocenters. The van der Waals surface area contributed by atoms with E-state index in [0.717, 1.165) is 30.7 Å². The molecule has 2 aliphatic carbocycles. The first kappa shape index (κ1) is 11.6. The zero-order chi connectivity index (χ0) is 11.8. The Morgan fingerprint density at radius 2 is 2.00 bits per heavy atom. The number of hydrogen-bond donors (Lipinski definition) is 1. The van der Waals surface area contributed by atoms with Gasteiger partial charge in [-0.2, -0.15) is 0 Å². The van der Waals surface area contributed by atoms with E-state index in [9.17, 15) is 0 Å². The Morgan fingerprint density at radius 1 is 1.24 bits per heavy atom. The molecule has 17 heavy (non-hydrogen) atoms. The molecule has 0 spiro atoms. The van der Waals surface area contributed by atoms with E-state index < -0.39 is 0 Å². The predicted octanol–water partition coefficient (Wildman–Crippen LogP) is 2.59. The Kier molecular flexibility index (Phi) is 3.17. The molecule has 0 saturated heterocycles. The minimum atomic E-state index is 0.560. The third-order valence-corrected chi connectivity index (χ3v) is 5.11. The topological polar surface area (TPSA) is 37.8 Å². The summed E-state index contributed by atoms with van der Waals surface area (Å²) < 4.78 is 0. The highest BCUT2D eigenvalue weighted by Crippen LogP contribution is 2.57. The quantitative estimate of drug-likeness (QED) is 0.874. The number of aromatic nitrogens is 2. The first-order valence-electron chi connectivity index (χ1n) is 6.78. The Morgan fingerprint density at radius 3 is 2.71 bits per heavy atom. The fourth-order valence-electron chi connectivity index (χ4n) is 2.92. The zero-order valence-corrected chi connectivity index (χ0v) is 11.5. The van der Waals surface area contributed by atoms with Gasteiger partial charge in [-0.05, 0) is 31.1 Å². The molecule has 0 bridgehead atoms. The van der Waals surface area contributed by atoms with Gasteiger partial charge in [0, 0.05) is 24.9 Å². The number of nitrogens with one attached hydrogen (secondary N) is 1. The Balaban J connectivity index is 1.51. The van der Waals surface area contributed by atoms with Crippen LogP contribution in [-0.2, 0) is 6.42 Å². The first-order valence-corrected chi connectivity index (χ1v) is 7.59. The summed E-state index contributed by atoms with van der Waals surface area (Å²) in [7, 11) is 0. The SMILES string of the molecule is CC(C)NCCc1nnc(C2CC3CC3C2)s1. The van der Waals surface area contributed by atoms with Gasteiger partial charge in [0.15, 0.2) is 0 Å². The third-order valence-electron chi connectivity index (χ3n) is 3.97. The molecule has 2 saturated carbocycles. The summed E-state index contributed by atoms with van der Waals surface area (Å²) in [5.41, 5.74) is 0. The molecule has 4 heteroatoms. The van der Waals surface area contributed by atoms with Crippen LogP contribution in [0.4, 0.5) is 0 Å². The van der Waals surface area contributed by atoms with Crippen LogP contribution in [0, 0.1) is 11.8 Å². The van der Waals surface area contributed by atoms with Gasteiger partial charge in [0.1, 0.15) is 10.0 Å². The van der Waals surface area contributed by atoms with Crippen LogP contribution < -0.4 is 5.32 Å². The molecule has 0 amide bonds. The van der Waals surface area contributed by atoms with E-state index in [1.165, 1.54) is 29.3 Å². The maximum Gasteiger partial charge on any atom is 0.120 e. The first-order chi connectivity index (χ1) is 8.22. The summed E-state index contributed by atoms with van der Waals surface area (Å²) in [6.07, 6.45) is 5.27. The smallest absolute Gasteiger partial charge is 0.120 e. The molecule has 1 aromatic rings. The molecule has 2 aliphatic rings. The average Bonchev–Trinajstić information content (AvgIpc) is 2.76. The monoisotopic (exact) mass is 251 g/mol. The second-order valence-electron chi connectivity index (χ2n) is 5.82. The fourth-order valence-corrected chi connectivity index (χ4v) is 3.88. The third kappa shape index (κ3) is 2.68. The van der Waals surface area contributed by atoms with E-state index in [2.05, 4.69) is 29.4 Å². The second-order valence-corrected chi connectivity index (χ2v) is 6.91. The second kappa shape index (κ2) is 4.65. The van der Waals surface area contributed by atoms with Crippen LogP contribution in [0.15, 0.2) is 0 Å². The van der Waals surface area contributed by atoms with Crippen molar-refractivity contribution in [2.75, 3.05) is 6.54 Å². The highest BCUT2D eigenvalue weighted by atomic mass is 32.1. The predicted molar refractivity (Wildman–Crippen MR) is 70.3 cm³/mol. The number of nitrogens with zero attached hydrogens (tertiary/aromatic N) is 2. The summed E-state index contributed by atoms with van der Waals surface area (Å²) in [6.45, 7) is 5.37. The summed E-state index contributed by atoms with van der Waals surface area (Å²) in [4.78, 5) is 0. The lowest BCUT2D eigenvalue weighted by Gasteiger charge is -2.06. The van der Waals surface area contributed by atoms with Gasteiger partial charge in [-0.3, -0.25) is 0 Å². The van der Waals surface area contributed by atoms with Gasteiger partial charge in [0.2, 0.25) is 0 Å². The Hall–Kier alpha value is -0.480. The fraction of sp³-hybridized carbons (Fsp3) is 0.846. The maximum absolute atomic E-state index is 4.39. The largest absolute Gasteiger partial charge is 0.314 e. The molecule has 1 N–H and O–H groups in total. The van der Waals surface area contributed by atoms with E-state index in [1.54, 1.807) is 0 Å². The Labute approximate surface area is 107 Å². The molecule has 3 rings (SSSR count). The van der Waals surface area contributed by atoms with Gasteiger partial charge in [-0.25, -0.2) is 0 Å². The van der Waals surface area contributed by atoms with Crippen molar-refractivity contribution in [3.05, 3.63) is 10.0 Å². The van der Waals surface area contributed by atoms with Crippen LogP contribution in [-0.4, -0.2) is 22.8 Å². The van der Waals surface area contributed by atoms with Crippen molar-refractivity contribution in [1.29, 1.82) is 0 Å². The molecule has 0 radical (unpaired) electrons. The molecule has 0 aromatic carbocycles. The van der Waals surface area contributed by atoms with Crippen molar-refractivity contribution in [1.82, 2.24) is 15.5 Å². The van der Waals surface area contributed by atoms with Crippen molar-refractivity contribution in [3.63, 3.8) is 0 Å². The van der Waals surface area contributed by atoms with Crippen molar-refractivity contribution < 1.29 is 0 Å². The lowest BCUT2D eigenvalue weighted by molar-refractivity contribution is 0.587. The van der Waals surface area contributed by atoms with Gasteiger partial charge >= 0.3 is 0 Å². The minimum absolute atomic E-state index is 0.560. The molecule has 1 aromatic heterocycles. The van der Waals surface area contributed by atoms with Crippen LogP contribution in [0.3, 0.4) is 0 Å². The molecule has 1 heterocycles. The number of hydrogen-bond acceptors (Lipinski definition) is 4. The molecule has 2 unspecified atom stereocenters. The highest BCUT2D eigenvalue weighted by molar-refractivity contribution is 7.11. The molecule has 0 aliphatic heterocycles. The zero-order valence-electron chi connectivity index (χ0n) is 10.6. The van der Waals surface area contributed by atoms with Gasteiger partial charge in [-0.15, -0.1) is 21.5 Å². The highest BCUT2D eigenvalue weighted by Gasteiger charge is 2.47. The Bertz CT molecular complexity index is 378. The van der Waals surface area contributed by atoms with Crippen molar-refractivity contribution in [3.8, 4) is 0 Å². The normalized spacial score (nSPS) is 30.9. The maximum atomic E-state index is 4.39. The lowest BCUT2D eigenvalue weighted by Crippen LogP contribution is -2.24. The van der Waals surface area contributed by atoms with E-state index in [-0.39, 0.29) is 0 Å². The van der Waals surface area contributed by atoms with E-state index in [1.807, 2.05) is 11.3 Å². The summed E-state index contributed by atoms with van der Waals surface area (Å²) in [5.74, 6) is 2.81. The van der Waals surface area contributed by atoms with Gasteiger partial charge in [0.05, 0.1) is 0 Å². The molecule has 94 valence electrons. The molecule has 3 nitrogen and oxygen atoms in total. The van der Waals surface area contributed by atoms with Crippen molar-refractivity contribution >= 4 is 11.3 Å². The lowest BCUT2D eigenvalue weighted by atomic mass is 10.1. The molecular formula is C13H21N3S. The minimum Gasteiger partial charge on any atom is -0.314 e. The van der Waals surface area contributed by atoms with Crippen molar-refractivity contribution in [2.24, 2.45) is 11.8 Å². The van der Waals surface area contributed by atoms with E-state index in [4.69, 9.17) is 0 Å². The van der Waals surface area contributed by atoms with Crippen LogP contribution in [0.2, 0.25) is 0 Å². The van der Waals surface area contributed by atoms with Crippen LogP contribution in [0.1, 0.15) is 49.0 Å². The van der Waals surface area contributed by atoms with E-state index in [0.29, 0.717) is 6.04 Å². The van der Waals surface area contributed by atoms with Gasteiger partial charge in [0.25, 0.3) is 0 Å². The van der Waals surface area contributed by atoms with Crippen LogP contribution in [0.5, 0.6) is 0 Å². The number of fused-ring (bicyclic) bond motifs is 1. The summed E-state index contributed by atoms with van der Waals surface area (Å²) in [5, 5.41) is 14.6. The average molecular weight is 251 g/mol. The summed E-state index contributed by atoms with van der Waals surface area (Å²) in [6, 6.07) is 0.560. The van der Waals surface area contributed by atoms with E-state index >= 15 is 0 Å².